The van der Waals surface area contributed by atoms with Gasteiger partial charge < -0.3 is 5.32 Å². The average molecular weight is 543 g/mol. The Morgan fingerprint density at radius 1 is 1.09 bits per heavy atom. The molecule has 9 nitrogen and oxygen atoms in total. The maximum atomic E-state index is 12.6. The Morgan fingerprint density at radius 2 is 1.85 bits per heavy atom. The number of unbranched alkanes of at least 4 members (excludes halogenated alkanes) is 2. The molecule has 1 aliphatic rings. The first-order valence-corrected chi connectivity index (χ1v) is 12.2. The van der Waals surface area contributed by atoms with Gasteiger partial charge in [0.1, 0.15) is 5.56 Å². The maximum absolute atomic E-state index is 12.6. The third-order valence-corrected chi connectivity index (χ3v) is 6.64. The molecule has 0 bridgehead atoms. The summed E-state index contributed by atoms with van der Waals surface area (Å²) in [5, 5.41) is 16.4. The van der Waals surface area contributed by atoms with Crippen LogP contribution in [0.1, 0.15) is 46.4 Å². The highest BCUT2D eigenvalue weighted by molar-refractivity contribution is 9.10. The van der Waals surface area contributed by atoms with Crippen LogP contribution in [0.5, 0.6) is 0 Å². The van der Waals surface area contributed by atoms with Crippen LogP contribution >= 0.6 is 27.3 Å². The quantitative estimate of drug-likeness (QED) is 0.170. The molecule has 0 saturated carbocycles. The highest BCUT2D eigenvalue weighted by atomic mass is 79.9. The molecular formula is C23H19BrN4O5S. The molecule has 0 saturated heterocycles. The average Bonchev–Trinajstić information content (AvgIpc) is 3.37. The number of nitro groups is 1. The zero-order chi connectivity index (χ0) is 24.2. The lowest BCUT2D eigenvalue weighted by Crippen LogP contribution is -2.30. The molecule has 1 aliphatic heterocycles. The lowest BCUT2D eigenvalue weighted by molar-refractivity contribution is -0.385. The van der Waals surface area contributed by atoms with Gasteiger partial charge in [0.05, 0.1) is 16.2 Å². The van der Waals surface area contributed by atoms with Crippen molar-refractivity contribution in [1.82, 2.24) is 9.88 Å². The zero-order valence-electron chi connectivity index (χ0n) is 17.8. The van der Waals surface area contributed by atoms with Crippen LogP contribution in [0.3, 0.4) is 0 Å². The third-order valence-electron chi connectivity index (χ3n) is 5.35. The summed E-state index contributed by atoms with van der Waals surface area (Å²) in [4.78, 5) is 53.3. The van der Waals surface area contributed by atoms with Gasteiger partial charge in [-0.05, 0) is 31.0 Å². The minimum absolute atomic E-state index is 0.0598. The molecule has 0 aliphatic carbocycles. The predicted octanol–water partition coefficient (Wildman–Crippen LogP) is 5.28. The van der Waals surface area contributed by atoms with E-state index in [1.165, 1.54) is 29.5 Å². The normalized spacial score (nSPS) is 12.7. The molecule has 34 heavy (non-hydrogen) atoms. The monoisotopic (exact) mass is 542 g/mol. The van der Waals surface area contributed by atoms with E-state index in [0.29, 0.717) is 24.4 Å². The molecule has 3 aromatic rings. The van der Waals surface area contributed by atoms with Crippen molar-refractivity contribution in [2.45, 2.75) is 25.7 Å². The van der Waals surface area contributed by atoms with Gasteiger partial charge in [-0.2, -0.15) is 0 Å². The molecule has 3 amide bonds. The van der Waals surface area contributed by atoms with Crippen molar-refractivity contribution >= 4 is 55.8 Å². The fourth-order valence-corrected chi connectivity index (χ4v) is 4.67. The second-order valence-corrected chi connectivity index (χ2v) is 9.40. The standard InChI is InChI=1S/C23H19BrN4O5S/c24-15-10-8-14(9-11-15)17-13-34-23(25-17)26-19(29)7-2-1-3-12-27-21(30)16-5-4-6-18(28(32)33)20(16)22(27)31/h4-6,8-11,13H,1-3,7,12H2,(H,25,26,29). The lowest BCUT2D eigenvalue weighted by Gasteiger charge is -2.13. The molecule has 0 fully saturated rings. The Balaban J connectivity index is 1.22. The Morgan fingerprint density at radius 3 is 2.59 bits per heavy atom. The van der Waals surface area contributed by atoms with Gasteiger partial charge in [0, 0.05) is 34.4 Å². The van der Waals surface area contributed by atoms with Gasteiger partial charge in [-0.1, -0.05) is 40.5 Å². The van der Waals surface area contributed by atoms with E-state index >= 15 is 0 Å². The number of carbonyl (C=O) groups excluding carboxylic acids is 3. The summed E-state index contributed by atoms with van der Waals surface area (Å²) in [6.45, 7) is 0.147. The number of thiazole rings is 1. The summed E-state index contributed by atoms with van der Waals surface area (Å²) in [5.74, 6) is -1.32. The number of nitro benzene ring substituents is 1. The molecule has 1 N–H and O–H groups in total. The molecule has 174 valence electrons. The van der Waals surface area contributed by atoms with Gasteiger partial charge >= 0.3 is 0 Å². The van der Waals surface area contributed by atoms with Crippen LogP contribution in [0, 0.1) is 10.1 Å². The SMILES string of the molecule is O=C(CCCCCN1C(=O)c2cccc([N+](=O)[O-])c2C1=O)Nc1nc(-c2ccc(Br)cc2)cs1. The zero-order valence-corrected chi connectivity index (χ0v) is 20.2. The number of anilines is 1. The largest absolute Gasteiger partial charge is 0.302 e. The second kappa shape index (κ2) is 10.2. The van der Waals surface area contributed by atoms with Crippen molar-refractivity contribution in [2.24, 2.45) is 0 Å². The van der Waals surface area contributed by atoms with Crippen LogP contribution in [0.25, 0.3) is 11.3 Å². The number of amides is 3. The molecular weight excluding hydrogens is 524 g/mol. The van der Waals surface area contributed by atoms with Gasteiger partial charge in [0.15, 0.2) is 5.13 Å². The summed E-state index contributed by atoms with van der Waals surface area (Å²) < 4.78 is 0.976. The second-order valence-electron chi connectivity index (χ2n) is 7.62. The van der Waals surface area contributed by atoms with Gasteiger partial charge in [0.25, 0.3) is 17.5 Å². The van der Waals surface area contributed by atoms with Gasteiger partial charge in [-0.25, -0.2) is 4.98 Å². The number of hydrogen-bond donors (Lipinski definition) is 1. The van der Waals surface area contributed by atoms with Gasteiger partial charge in [-0.3, -0.25) is 29.4 Å². The Kier molecular flexibility index (Phi) is 7.13. The van der Waals surface area contributed by atoms with E-state index in [-0.39, 0.29) is 35.7 Å². The molecule has 0 radical (unpaired) electrons. The van der Waals surface area contributed by atoms with Crippen molar-refractivity contribution in [3.05, 3.63) is 73.6 Å². The Labute approximate surface area is 207 Å². The molecule has 0 unspecified atom stereocenters. The summed E-state index contributed by atoms with van der Waals surface area (Å²) in [5.41, 5.74) is 1.29. The van der Waals surface area contributed by atoms with Crippen LogP contribution in [-0.2, 0) is 4.79 Å². The number of nitrogens with zero attached hydrogens (tertiary/aromatic N) is 3. The van der Waals surface area contributed by atoms with E-state index in [4.69, 9.17) is 0 Å². The Hall–Kier alpha value is -3.44. The van der Waals surface area contributed by atoms with Crippen molar-refractivity contribution in [1.29, 1.82) is 0 Å². The first kappa shape index (κ1) is 23.7. The predicted molar refractivity (Wildman–Crippen MR) is 131 cm³/mol. The molecule has 11 heteroatoms. The van der Waals surface area contributed by atoms with Crippen LogP contribution in [-0.4, -0.2) is 39.1 Å². The van der Waals surface area contributed by atoms with E-state index < -0.39 is 16.7 Å². The topological polar surface area (TPSA) is 123 Å². The maximum Gasteiger partial charge on any atom is 0.282 e. The molecule has 0 spiro atoms. The number of rotatable bonds is 9. The van der Waals surface area contributed by atoms with Gasteiger partial charge in [0.2, 0.25) is 5.91 Å². The van der Waals surface area contributed by atoms with Crippen LogP contribution < -0.4 is 5.32 Å². The number of hydrogen-bond acceptors (Lipinski definition) is 7. The summed E-state index contributed by atoms with van der Waals surface area (Å²) in [7, 11) is 0. The molecule has 2 heterocycles. The number of halogens is 1. The minimum Gasteiger partial charge on any atom is -0.302 e. The fraction of sp³-hybridized carbons (Fsp3) is 0.217. The van der Waals surface area contributed by atoms with Crippen LogP contribution in [0.2, 0.25) is 0 Å². The molecule has 0 atom stereocenters. The van der Waals surface area contributed by atoms with Crippen molar-refractivity contribution in [3.8, 4) is 11.3 Å². The molecule has 1 aromatic heterocycles. The number of fused-ring (bicyclic) bond motifs is 1. The summed E-state index contributed by atoms with van der Waals surface area (Å²) in [6, 6.07) is 11.8. The first-order chi connectivity index (χ1) is 16.3. The number of aromatic nitrogens is 1. The molecule has 2 aromatic carbocycles. The van der Waals surface area contributed by atoms with E-state index in [1.807, 2.05) is 29.6 Å². The Bertz CT molecular complexity index is 1270. The molecule has 4 rings (SSSR count). The van der Waals surface area contributed by atoms with E-state index in [9.17, 15) is 24.5 Å². The number of imide groups is 1. The van der Waals surface area contributed by atoms with Crippen molar-refractivity contribution in [3.63, 3.8) is 0 Å². The van der Waals surface area contributed by atoms with E-state index in [2.05, 4.69) is 26.2 Å². The highest BCUT2D eigenvalue weighted by Crippen LogP contribution is 2.31. The third kappa shape index (κ3) is 5.05. The minimum atomic E-state index is -0.656. The van der Waals surface area contributed by atoms with Crippen molar-refractivity contribution < 1.29 is 19.3 Å². The highest BCUT2D eigenvalue weighted by Gasteiger charge is 2.40. The number of carbonyl (C=O) groups is 3. The lowest BCUT2D eigenvalue weighted by atomic mass is 10.1. The summed E-state index contributed by atoms with van der Waals surface area (Å²) >= 11 is 4.75. The van der Waals surface area contributed by atoms with E-state index in [0.717, 1.165) is 20.6 Å². The van der Waals surface area contributed by atoms with Crippen LogP contribution in [0.4, 0.5) is 10.8 Å². The smallest absolute Gasteiger partial charge is 0.282 e. The first-order valence-electron chi connectivity index (χ1n) is 10.5. The number of nitrogens with one attached hydrogen (secondary N) is 1. The fourth-order valence-electron chi connectivity index (χ4n) is 3.67. The van der Waals surface area contributed by atoms with Crippen LogP contribution in [0.15, 0.2) is 52.3 Å². The number of benzene rings is 2. The van der Waals surface area contributed by atoms with Gasteiger partial charge in [-0.15, -0.1) is 11.3 Å². The summed E-state index contributed by atoms with van der Waals surface area (Å²) in [6.07, 6.45) is 1.96. The van der Waals surface area contributed by atoms with E-state index in [1.54, 1.807) is 0 Å². The van der Waals surface area contributed by atoms with Crippen molar-refractivity contribution in [2.75, 3.05) is 11.9 Å².